The van der Waals surface area contributed by atoms with Crippen LogP contribution in [0.15, 0.2) is 42.5 Å². The zero-order valence-electron chi connectivity index (χ0n) is 12.7. The molecule has 2 aromatic rings. The zero-order chi connectivity index (χ0) is 16.4. The minimum Gasteiger partial charge on any atom is -0.308 e. The lowest BCUT2D eigenvalue weighted by Gasteiger charge is -2.09. The van der Waals surface area contributed by atoms with Crippen molar-refractivity contribution in [1.29, 1.82) is 0 Å². The first-order valence-electron chi connectivity index (χ1n) is 7.34. The van der Waals surface area contributed by atoms with Crippen molar-refractivity contribution in [2.45, 2.75) is 19.8 Å². The number of anilines is 2. The Kier molecular flexibility index (Phi) is 3.93. The molecule has 2 amide bonds. The SMILES string of the molecule is CC(=O)c1cccc(NC(=O)Nc2ccc3c(c2)CC(=O)C3)c1. The fourth-order valence-corrected chi connectivity index (χ4v) is 2.64. The summed E-state index contributed by atoms with van der Waals surface area (Å²) in [5.41, 5.74) is 3.71. The van der Waals surface area contributed by atoms with E-state index in [9.17, 15) is 14.4 Å². The van der Waals surface area contributed by atoms with Crippen LogP contribution < -0.4 is 10.6 Å². The topological polar surface area (TPSA) is 75.3 Å². The molecule has 0 bridgehead atoms. The Morgan fingerprint density at radius 3 is 2.35 bits per heavy atom. The zero-order valence-corrected chi connectivity index (χ0v) is 12.7. The van der Waals surface area contributed by atoms with Gasteiger partial charge in [-0.1, -0.05) is 18.2 Å². The predicted molar refractivity (Wildman–Crippen MR) is 87.9 cm³/mol. The van der Waals surface area contributed by atoms with Crippen LogP contribution in [0.25, 0.3) is 0 Å². The van der Waals surface area contributed by atoms with Crippen LogP contribution in [0.5, 0.6) is 0 Å². The Morgan fingerprint density at radius 2 is 1.61 bits per heavy atom. The average molecular weight is 308 g/mol. The first kappa shape index (κ1) is 15.0. The molecule has 0 aromatic heterocycles. The van der Waals surface area contributed by atoms with Gasteiger partial charge in [0.1, 0.15) is 5.78 Å². The molecule has 23 heavy (non-hydrogen) atoms. The lowest BCUT2D eigenvalue weighted by Crippen LogP contribution is -2.19. The van der Waals surface area contributed by atoms with Gasteiger partial charge in [0.05, 0.1) is 0 Å². The minimum atomic E-state index is -0.394. The molecule has 5 heteroatoms. The van der Waals surface area contributed by atoms with Crippen LogP contribution in [0.3, 0.4) is 0 Å². The van der Waals surface area contributed by atoms with Crippen LogP contribution in [0.2, 0.25) is 0 Å². The number of hydrogen-bond acceptors (Lipinski definition) is 3. The van der Waals surface area contributed by atoms with Crippen LogP contribution >= 0.6 is 0 Å². The Morgan fingerprint density at radius 1 is 0.913 bits per heavy atom. The van der Waals surface area contributed by atoms with Crippen molar-refractivity contribution < 1.29 is 14.4 Å². The van der Waals surface area contributed by atoms with Gasteiger partial charge in [0.25, 0.3) is 0 Å². The van der Waals surface area contributed by atoms with Crippen molar-refractivity contribution in [3.8, 4) is 0 Å². The maximum absolute atomic E-state index is 12.1. The first-order chi connectivity index (χ1) is 11.0. The predicted octanol–water partition coefficient (Wildman–Crippen LogP) is 3.20. The molecule has 2 N–H and O–H groups in total. The van der Waals surface area contributed by atoms with Gasteiger partial charge in [-0.2, -0.15) is 0 Å². The van der Waals surface area contributed by atoms with Gasteiger partial charge in [0.2, 0.25) is 0 Å². The molecule has 0 radical (unpaired) electrons. The number of amides is 2. The van der Waals surface area contributed by atoms with E-state index in [4.69, 9.17) is 0 Å². The summed E-state index contributed by atoms with van der Waals surface area (Å²) in [4.78, 5) is 34.8. The Balaban J connectivity index is 1.68. The fourth-order valence-electron chi connectivity index (χ4n) is 2.64. The van der Waals surface area contributed by atoms with Crippen molar-refractivity contribution in [2.75, 3.05) is 10.6 Å². The minimum absolute atomic E-state index is 0.0580. The monoisotopic (exact) mass is 308 g/mol. The van der Waals surface area contributed by atoms with Crippen LogP contribution in [0.1, 0.15) is 28.4 Å². The number of carbonyl (C=O) groups is 3. The quantitative estimate of drug-likeness (QED) is 0.855. The number of fused-ring (bicyclic) bond motifs is 1. The smallest absolute Gasteiger partial charge is 0.308 e. The largest absolute Gasteiger partial charge is 0.323 e. The molecule has 0 aliphatic heterocycles. The lowest BCUT2D eigenvalue weighted by atomic mass is 10.1. The van der Waals surface area contributed by atoms with Gasteiger partial charge < -0.3 is 10.6 Å². The summed E-state index contributed by atoms with van der Waals surface area (Å²) >= 11 is 0. The van der Waals surface area contributed by atoms with E-state index in [2.05, 4.69) is 10.6 Å². The molecule has 0 saturated heterocycles. The van der Waals surface area contributed by atoms with Gasteiger partial charge in [0, 0.05) is 29.8 Å². The van der Waals surface area contributed by atoms with Crippen LogP contribution in [0, 0.1) is 0 Å². The Bertz CT molecular complexity index is 812. The van der Waals surface area contributed by atoms with E-state index in [1.807, 2.05) is 12.1 Å². The number of nitrogens with one attached hydrogen (secondary N) is 2. The van der Waals surface area contributed by atoms with E-state index in [-0.39, 0.29) is 11.6 Å². The van der Waals surface area contributed by atoms with Crippen molar-refractivity contribution in [3.05, 3.63) is 59.2 Å². The molecule has 0 heterocycles. The molecule has 0 spiro atoms. The van der Waals surface area contributed by atoms with Crippen molar-refractivity contribution >= 4 is 29.0 Å². The van der Waals surface area contributed by atoms with Gasteiger partial charge in [-0.3, -0.25) is 9.59 Å². The maximum Gasteiger partial charge on any atom is 0.323 e. The molecular weight excluding hydrogens is 292 g/mol. The van der Waals surface area contributed by atoms with Crippen LogP contribution in [-0.2, 0) is 17.6 Å². The van der Waals surface area contributed by atoms with Gasteiger partial charge >= 0.3 is 6.03 Å². The lowest BCUT2D eigenvalue weighted by molar-refractivity contribution is -0.117. The molecule has 116 valence electrons. The molecule has 1 aliphatic rings. The summed E-state index contributed by atoms with van der Waals surface area (Å²) in [5.74, 6) is 0.139. The van der Waals surface area contributed by atoms with Crippen molar-refractivity contribution in [1.82, 2.24) is 0 Å². The van der Waals surface area contributed by atoms with Crippen molar-refractivity contribution in [3.63, 3.8) is 0 Å². The molecule has 0 unspecified atom stereocenters. The molecule has 0 atom stereocenters. The van der Waals surface area contributed by atoms with E-state index < -0.39 is 6.03 Å². The third kappa shape index (κ3) is 3.45. The Hall–Kier alpha value is -2.95. The van der Waals surface area contributed by atoms with Crippen LogP contribution in [0.4, 0.5) is 16.2 Å². The molecule has 0 saturated carbocycles. The number of hydrogen-bond donors (Lipinski definition) is 2. The highest BCUT2D eigenvalue weighted by Gasteiger charge is 2.18. The van der Waals surface area contributed by atoms with E-state index in [1.54, 1.807) is 30.3 Å². The summed E-state index contributed by atoms with van der Waals surface area (Å²) in [6.07, 6.45) is 0.896. The normalized spacial score (nSPS) is 12.7. The highest BCUT2D eigenvalue weighted by molar-refractivity contribution is 6.01. The van der Waals surface area contributed by atoms with Crippen LogP contribution in [-0.4, -0.2) is 17.6 Å². The van der Waals surface area contributed by atoms with Gasteiger partial charge in [0.15, 0.2) is 5.78 Å². The second-order valence-electron chi connectivity index (χ2n) is 5.59. The van der Waals surface area contributed by atoms with E-state index in [0.29, 0.717) is 29.8 Å². The Labute approximate surface area is 133 Å². The van der Waals surface area contributed by atoms with E-state index >= 15 is 0 Å². The van der Waals surface area contributed by atoms with Gasteiger partial charge in [-0.05, 0) is 42.3 Å². The summed E-state index contributed by atoms with van der Waals surface area (Å²) in [7, 11) is 0. The van der Waals surface area contributed by atoms with E-state index in [1.165, 1.54) is 6.92 Å². The summed E-state index contributed by atoms with van der Waals surface area (Å²) in [6, 6.07) is 11.8. The first-order valence-corrected chi connectivity index (χ1v) is 7.34. The van der Waals surface area contributed by atoms with Gasteiger partial charge in [-0.25, -0.2) is 4.79 Å². The second kappa shape index (κ2) is 6.04. The molecule has 0 fully saturated rings. The average Bonchev–Trinajstić information content (AvgIpc) is 2.86. The molecule has 2 aromatic carbocycles. The number of Topliss-reactive ketones (excluding diaryl/α,β-unsaturated/α-hetero) is 2. The maximum atomic E-state index is 12.1. The number of rotatable bonds is 3. The van der Waals surface area contributed by atoms with Crippen molar-refractivity contribution in [2.24, 2.45) is 0 Å². The fraction of sp³-hybridized carbons (Fsp3) is 0.167. The summed E-state index contributed by atoms with van der Waals surface area (Å²) < 4.78 is 0. The molecule has 5 nitrogen and oxygen atoms in total. The second-order valence-corrected chi connectivity index (χ2v) is 5.59. The number of urea groups is 1. The summed E-state index contributed by atoms with van der Waals surface area (Å²) in [5, 5.41) is 5.43. The number of ketones is 2. The summed E-state index contributed by atoms with van der Waals surface area (Å²) in [6.45, 7) is 1.48. The van der Waals surface area contributed by atoms with E-state index in [0.717, 1.165) is 11.1 Å². The third-order valence-electron chi connectivity index (χ3n) is 3.77. The third-order valence-corrected chi connectivity index (χ3v) is 3.77. The van der Waals surface area contributed by atoms with Gasteiger partial charge in [-0.15, -0.1) is 0 Å². The molecule has 1 aliphatic carbocycles. The standard InChI is InChI=1S/C18H16N2O3/c1-11(21)12-3-2-4-15(7-12)19-18(23)20-16-6-5-13-9-17(22)10-14(13)8-16/h2-8H,9-10H2,1H3,(H2,19,20,23). The highest BCUT2D eigenvalue weighted by Crippen LogP contribution is 2.23. The molecule has 3 rings (SSSR count). The highest BCUT2D eigenvalue weighted by atomic mass is 16.2. The number of carbonyl (C=O) groups excluding carboxylic acids is 3. The number of benzene rings is 2. The molecular formula is C18H16N2O3.